The van der Waals surface area contributed by atoms with E-state index in [9.17, 15) is 0 Å². The fraction of sp³-hybridized carbons (Fsp3) is 0.750. The predicted octanol–water partition coefficient (Wildman–Crippen LogP) is 3.52. The molecule has 1 atom stereocenters. The number of hydrogen-bond donors (Lipinski definition) is 0. The first-order valence-electron chi connectivity index (χ1n) is 3.47. The summed E-state index contributed by atoms with van der Waals surface area (Å²) < 4.78 is 0. The van der Waals surface area contributed by atoms with E-state index in [0.717, 1.165) is 6.42 Å². The lowest BCUT2D eigenvalue weighted by molar-refractivity contribution is 0.791. The second-order valence-corrected chi connectivity index (χ2v) is 3.99. The molecule has 9 heavy (non-hydrogen) atoms. The molecule has 0 aliphatic carbocycles. The highest BCUT2D eigenvalue weighted by Crippen LogP contribution is 2.12. The zero-order valence-electron chi connectivity index (χ0n) is 6.28. The molecule has 1 unspecified atom stereocenters. The fourth-order valence-electron chi connectivity index (χ4n) is 0.580. The van der Waals surface area contributed by atoms with Crippen LogP contribution in [0.25, 0.3) is 0 Å². The molecule has 0 aliphatic rings. The van der Waals surface area contributed by atoms with Crippen LogP contribution in [0.1, 0.15) is 33.1 Å². The molecule has 0 radical (unpaired) electrons. The average Bonchev–Trinajstić information content (AvgIpc) is 1.83. The minimum atomic E-state index is 0.640. The Balaban J connectivity index is 3.17. The molecule has 0 saturated heterocycles. The molecule has 0 amide bonds. The van der Waals surface area contributed by atoms with Gasteiger partial charge in [-0.1, -0.05) is 41.9 Å². The Labute approximate surface area is 66.5 Å². The highest BCUT2D eigenvalue weighted by Gasteiger charge is 1.95. The second-order valence-electron chi connectivity index (χ2n) is 2.42. The predicted molar refractivity (Wildman–Crippen MR) is 47.1 cm³/mol. The van der Waals surface area contributed by atoms with Crippen LogP contribution >= 0.6 is 15.9 Å². The summed E-state index contributed by atoms with van der Waals surface area (Å²) in [6.07, 6.45) is 3.51. The van der Waals surface area contributed by atoms with Crippen molar-refractivity contribution in [2.24, 2.45) is 0 Å². The molecular weight excluding hydrogens is 176 g/mol. The number of rotatable bonds is 4. The first-order chi connectivity index (χ1) is 4.16. The molecule has 0 heterocycles. The lowest BCUT2D eigenvalue weighted by atomic mass is 10.1. The Kier molecular flexibility index (Phi) is 5.16. The monoisotopic (exact) mass is 190 g/mol. The zero-order valence-corrected chi connectivity index (χ0v) is 7.87. The Bertz CT molecular complexity index is 84.6. The van der Waals surface area contributed by atoms with E-state index in [2.05, 4.69) is 36.4 Å². The summed E-state index contributed by atoms with van der Waals surface area (Å²) in [5.41, 5.74) is 1.36. The van der Waals surface area contributed by atoms with Crippen LogP contribution in [0.15, 0.2) is 12.2 Å². The van der Waals surface area contributed by atoms with Gasteiger partial charge < -0.3 is 0 Å². The summed E-state index contributed by atoms with van der Waals surface area (Å²) in [5, 5.41) is 0. The number of allylic oxidation sites excluding steroid dienone is 1. The van der Waals surface area contributed by atoms with Crippen molar-refractivity contribution in [2.45, 2.75) is 37.9 Å². The van der Waals surface area contributed by atoms with E-state index in [1.54, 1.807) is 0 Å². The van der Waals surface area contributed by atoms with Gasteiger partial charge in [-0.25, -0.2) is 0 Å². The summed E-state index contributed by atoms with van der Waals surface area (Å²) in [6.45, 7) is 8.25. The lowest BCUT2D eigenvalue weighted by Gasteiger charge is -2.02. The highest BCUT2D eigenvalue weighted by atomic mass is 79.9. The molecule has 1 heteroatoms. The maximum Gasteiger partial charge on any atom is 0.0120 e. The van der Waals surface area contributed by atoms with Gasteiger partial charge in [-0.15, -0.1) is 0 Å². The molecule has 0 fully saturated rings. The topological polar surface area (TPSA) is 0 Å². The van der Waals surface area contributed by atoms with E-state index in [1.165, 1.54) is 18.4 Å². The van der Waals surface area contributed by atoms with E-state index in [-0.39, 0.29) is 0 Å². The van der Waals surface area contributed by atoms with Gasteiger partial charge in [-0.2, -0.15) is 0 Å². The van der Waals surface area contributed by atoms with E-state index >= 15 is 0 Å². The van der Waals surface area contributed by atoms with Gasteiger partial charge in [0.15, 0.2) is 0 Å². The smallest absolute Gasteiger partial charge is 0.0120 e. The average molecular weight is 191 g/mol. The van der Waals surface area contributed by atoms with Gasteiger partial charge in [0.1, 0.15) is 0 Å². The third kappa shape index (κ3) is 6.10. The Morgan fingerprint density at radius 2 is 2.22 bits per heavy atom. The second kappa shape index (κ2) is 5.04. The van der Waals surface area contributed by atoms with E-state index in [4.69, 9.17) is 0 Å². The molecule has 0 aromatic carbocycles. The van der Waals surface area contributed by atoms with Crippen LogP contribution in [0.3, 0.4) is 0 Å². The van der Waals surface area contributed by atoms with E-state index in [1.807, 2.05) is 0 Å². The summed E-state index contributed by atoms with van der Waals surface area (Å²) in [4.78, 5) is 0.640. The van der Waals surface area contributed by atoms with Crippen LogP contribution in [0.5, 0.6) is 0 Å². The number of alkyl halides is 1. The van der Waals surface area contributed by atoms with Crippen LogP contribution in [0.4, 0.5) is 0 Å². The summed E-state index contributed by atoms with van der Waals surface area (Å²) in [5.74, 6) is 0. The van der Waals surface area contributed by atoms with Crippen molar-refractivity contribution in [2.75, 3.05) is 0 Å². The number of hydrogen-bond acceptors (Lipinski definition) is 0. The molecule has 0 saturated carbocycles. The molecular formula is C8H15Br. The Morgan fingerprint density at radius 3 is 2.56 bits per heavy atom. The largest absolute Gasteiger partial charge is 0.0999 e. The first-order valence-corrected chi connectivity index (χ1v) is 4.39. The SMILES string of the molecule is C=C(CC)CCC(C)Br. The maximum atomic E-state index is 3.92. The van der Waals surface area contributed by atoms with Gasteiger partial charge in [0.05, 0.1) is 0 Å². The van der Waals surface area contributed by atoms with Crippen LogP contribution < -0.4 is 0 Å². The van der Waals surface area contributed by atoms with Crippen LogP contribution in [-0.2, 0) is 0 Å². The number of halogens is 1. The van der Waals surface area contributed by atoms with Gasteiger partial charge in [-0.3, -0.25) is 0 Å². The van der Waals surface area contributed by atoms with Crippen LogP contribution in [0, 0.1) is 0 Å². The fourth-order valence-corrected chi connectivity index (χ4v) is 0.809. The van der Waals surface area contributed by atoms with Crippen molar-refractivity contribution >= 4 is 15.9 Å². The van der Waals surface area contributed by atoms with E-state index in [0.29, 0.717) is 4.83 Å². The molecule has 0 bridgehead atoms. The zero-order chi connectivity index (χ0) is 7.28. The quantitative estimate of drug-likeness (QED) is 0.471. The Hall–Kier alpha value is 0.220. The first kappa shape index (κ1) is 9.22. The van der Waals surface area contributed by atoms with Crippen molar-refractivity contribution in [1.29, 1.82) is 0 Å². The van der Waals surface area contributed by atoms with Crippen LogP contribution in [-0.4, -0.2) is 4.83 Å². The maximum absolute atomic E-state index is 3.92. The van der Waals surface area contributed by atoms with Crippen molar-refractivity contribution < 1.29 is 0 Å². The molecule has 0 aromatic heterocycles. The third-order valence-electron chi connectivity index (χ3n) is 1.40. The van der Waals surface area contributed by atoms with Crippen molar-refractivity contribution in [3.63, 3.8) is 0 Å². The van der Waals surface area contributed by atoms with Crippen molar-refractivity contribution in [1.82, 2.24) is 0 Å². The normalized spacial score (nSPS) is 13.2. The molecule has 0 aromatic rings. The molecule has 0 aliphatic heterocycles. The molecule has 0 N–H and O–H groups in total. The Morgan fingerprint density at radius 1 is 1.67 bits per heavy atom. The molecule has 0 nitrogen and oxygen atoms in total. The summed E-state index contributed by atoms with van der Waals surface area (Å²) >= 11 is 3.49. The van der Waals surface area contributed by atoms with Crippen molar-refractivity contribution in [3.8, 4) is 0 Å². The summed E-state index contributed by atoms with van der Waals surface area (Å²) in [6, 6.07) is 0. The molecule has 0 rings (SSSR count). The standard InChI is InChI=1S/C8H15Br/c1-4-7(2)5-6-8(3)9/h8H,2,4-6H2,1,3H3. The minimum absolute atomic E-state index is 0.640. The highest BCUT2D eigenvalue weighted by molar-refractivity contribution is 9.09. The van der Waals surface area contributed by atoms with Gasteiger partial charge in [0.25, 0.3) is 0 Å². The molecule has 54 valence electrons. The minimum Gasteiger partial charge on any atom is -0.0999 e. The van der Waals surface area contributed by atoms with E-state index < -0.39 is 0 Å². The van der Waals surface area contributed by atoms with Gasteiger partial charge in [-0.05, 0) is 19.3 Å². The lowest BCUT2D eigenvalue weighted by Crippen LogP contribution is -1.90. The van der Waals surface area contributed by atoms with Gasteiger partial charge >= 0.3 is 0 Å². The molecule has 0 spiro atoms. The van der Waals surface area contributed by atoms with Crippen LogP contribution in [0.2, 0.25) is 0 Å². The summed E-state index contributed by atoms with van der Waals surface area (Å²) in [7, 11) is 0. The van der Waals surface area contributed by atoms with Crippen molar-refractivity contribution in [3.05, 3.63) is 12.2 Å². The third-order valence-corrected chi connectivity index (χ3v) is 1.85. The van der Waals surface area contributed by atoms with Gasteiger partial charge in [0.2, 0.25) is 0 Å². The van der Waals surface area contributed by atoms with Gasteiger partial charge in [0, 0.05) is 4.83 Å².